The molecule has 0 saturated heterocycles. The maximum atomic E-state index is 11.0. The lowest BCUT2D eigenvalue weighted by Gasteiger charge is -2.38. The minimum absolute atomic E-state index is 0.118. The second-order valence-electron chi connectivity index (χ2n) is 6.75. The van der Waals surface area contributed by atoms with Crippen molar-refractivity contribution in [2.75, 3.05) is 26.2 Å². The Bertz CT molecular complexity index is 415. The van der Waals surface area contributed by atoms with E-state index >= 15 is 0 Å². The van der Waals surface area contributed by atoms with Gasteiger partial charge in [-0.25, -0.2) is 0 Å². The van der Waals surface area contributed by atoms with Crippen LogP contribution in [0.25, 0.3) is 0 Å². The first-order valence-corrected chi connectivity index (χ1v) is 9.45. The number of carboxylic acid groups (broad SMARTS) is 3. The third kappa shape index (κ3) is 13.4. The monoisotopic (exact) mass is 371 g/mol. The van der Waals surface area contributed by atoms with Crippen LogP contribution in [-0.4, -0.2) is 58.8 Å². The van der Waals surface area contributed by atoms with Crippen LogP contribution in [0, 0.1) is 0 Å². The standard InChI is InChI=1S/C19H33NO6/c1-2-3-4-5-6-7-8-9-13-20(14-10-17(21)22,15-11-18(23)24)16-12-19(25)26/h7-8H,2-6,9-16H2,1H3,(H2-,21,22,23,24,25,26)/b8-7+. The minimum atomic E-state index is -1.20. The van der Waals surface area contributed by atoms with Crippen LogP contribution in [0.4, 0.5) is 0 Å². The third-order valence-electron chi connectivity index (χ3n) is 4.55. The van der Waals surface area contributed by atoms with Crippen molar-refractivity contribution in [3.05, 3.63) is 12.2 Å². The van der Waals surface area contributed by atoms with Crippen molar-refractivity contribution < 1.29 is 34.2 Å². The summed E-state index contributed by atoms with van der Waals surface area (Å²) in [6.07, 6.45) is 10.1. The molecule has 0 amide bonds. The molecule has 150 valence electrons. The Labute approximate surface area is 155 Å². The Morgan fingerprint density at radius 3 is 1.85 bits per heavy atom. The molecule has 0 aromatic heterocycles. The van der Waals surface area contributed by atoms with Crippen LogP contribution in [0.5, 0.6) is 0 Å². The van der Waals surface area contributed by atoms with Gasteiger partial charge in [0.25, 0.3) is 0 Å². The van der Waals surface area contributed by atoms with Gasteiger partial charge >= 0.3 is 11.9 Å². The molecule has 0 aromatic rings. The largest absolute Gasteiger partial charge is 0.550 e. The Balaban J connectivity index is 4.76. The smallest absolute Gasteiger partial charge is 0.309 e. The molecule has 0 aliphatic carbocycles. The molecular formula is C19H33NO6. The average molecular weight is 371 g/mol. The number of quaternary nitrogens is 1. The summed E-state index contributed by atoms with van der Waals surface area (Å²) in [5, 5.41) is 28.8. The normalized spacial score (nSPS) is 11.7. The van der Waals surface area contributed by atoms with Gasteiger partial charge in [-0.3, -0.25) is 9.59 Å². The lowest BCUT2D eigenvalue weighted by atomic mass is 10.1. The van der Waals surface area contributed by atoms with Gasteiger partial charge in [-0.2, -0.15) is 0 Å². The summed E-state index contributed by atoms with van der Waals surface area (Å²) in [7, 11) is 0. The first kappa shape index (κ1) is 24.1. The van der Waals surface area contributed by atoms with Crippen LogP contribution >= 0.6 is 0 Å². The summed E-state index contributed by atoms with van der Waals surface area (Å²) in [4.78, 5) is 32.8. The quantitative estimate of drug-likeness (QED) is 0.229. The third-order valence-corrected chi connectivity index (χ3v) is 4.55. The first-order valence-electron chi connectivity index (χ1n) is 9.45. The molecule has 0 aliphatic heterocycles. The molecule has 0 spiro atoms. The molecule has 0 bridgehead atoms. The van der Waals surface area contributed by atoms with Crippen LogP contribution < -0.4 is 5.11 Å². The lowest BCUT2D eigenvalue weighted by molar-refractivity contribution is -0.926. The molecule has 0 saturated carbocycles. The van der Waals surface area contributed by atoms with Gasteiger partial charge in [-0.1, -0.05) is 38.3 Å². The fourth-order valence-corrected chi connectivity index (χ4v) is 2.94. The number of nitrogens with zero attached hydrogens (tertiary/aromatic N) is 1. The van der Waals surface area contributed by atoms with E-state index in [1.165, 1.54) is 19.3 Å². The second-order valence-corrected chi connectivity index (χ2v) is 6.75. The number of aliphatic carboxylic acids is 3. The van der Waals surface area contributed by atoms with Crippen LogP contribution in [0.15, 0.2) is 12.2 Å². The number of carboxylic acids is 3. The number of hydrogen-bond donors (Lipinski definition) is 2. The van der Waals surface area contributed by atoms with Crippen LogP contribution in [0.2, 0.25) is 0 Å². The molecule has 0 aromatic carbocycles. The first-order chi connectivity index (χ1) is 12.3. The molecule has 0 atom stereocenters. The maximum Gasteiger partial charge on any atom is 0.309 e. The van der Waals surface area contributed by atoms with Crippen molar-refractivity contribution in [2.24, 2.45) is 0 Å². The van der Waals surface area contributed by atoms with Crippen LogP contribution in [0.3, 0.4) is 0 Å². The molecule has 7 nitrogen and oxygen atoms in total. The van der Waals surface area contributed by atoms with E-state index < -0.39 is 17.9 Å². The Hall–Kier alpha value is -1.89. The van der Waals surface area contributed by atoms with E-state index in [2.05, 4.69) is 13.0 Å². The lowest BCUT2D eigenvalue weighted by Crippen LogP contribution is -2.52. The Morgan fingerprint density at radius 2 is 1.35 bits per heavy atom. The summed E-state index contributed by atoms with van der Waals surface area (Å²) < 4.78 is 0.173. The highest BCUT2D eigenvalue weighted by molar-refractivity contribution is 5.67. The molecule has 2 N–H and O–H groups in total. The van der Waals surface area contributed by atoms with Crippen molar-refractivity contribution in [3.63, 3.8) is 0 Å². The fraction of sp³-hybridized carbons (Fsp3) is 0.737. The molecule has 0 unspecified atom stereocenters. The van der Waals surface area contributed by atoms with Gasteiger partial charge in [0.05, 0.1) is 39.0 Å². The van der Waals surface area contributed by atoms with E-state index in [0.29, 0.717) is 13.0 Å². The minimum Gasteiger partial charge on any atom is -0.550 e. The van der Waals surface area contributed by atoms with Gasteiger partial charge in [-0.05, 0) is 12.8 Å². The molecular weight excluding hydrogens is 338 g/mol. The summed E-state index contributed by atoms with van der Waals surface area (Å²) >= 11 is 0. The van der Waals surface area contributed by atoms with Gasteiger partial charge in [0.1, 0.15) is 0 Å². The predicted octanol–water partition coefficient (Wildman–Crippen LogP) is 1.81. The molecule has 0 fully saturated rings. The molecule has 0 heterocycles. The Kier molecular flexibility index (Phi) is 13.3. The molecule has 0 aliphatic rings. The predicted molar refractivity (Wildman–Crippen MR) is 96.4 cm³/mol. The summed E-state index contributed by atoms with van der Waals surface area (Å²) in [5.74, 6) is -3.14. The number of carbonyl (C=O) groups excluding carboxylic acids is 1. The SMILES string of the molecule is CCCCCC/C=C/CC[N+](CCC(=O)[O-])(CCC(=O)O)CCC(=O)O. The second kappa shape index (κ2) is 14.3. The maximum absolute atomic E-state index is 11.0. The highest BCUT2D eigenvalue weighted by atomic mass is 16.4. The van der Waals surface area contributed by atoms with Crippen molar-refractivity contribution in [3.8, 4) is 0 Å². The molecule has 0 rings (SSSR count). The number of hydrogen-bond acceptors (Lipinski definition) is 4. The summed E-state index contributed by atoms with van der Waals surface area (Å²) in [6.45, 7) is 3.32. The van der Waals surface area contributed by atoms with Crippen LogP contribution in [-0.2, 0) is 14.4 Å². The number of allylic oxidation sites excluding steroid dienone is 1. The van der Waals surface area contributed by atoms with E-state index in [4.69, 9.17) is 10.2 Å². The molecule has 0 radical (unpaired) electrons. The zero-order valence-corrected chi connectivity index (χ0v) is 15.8. The number of rotatable bonds is 17. The van der Waals surface area contributed by atoms with Crippen molar-refractivity contribution >= 4 is 17.9 Å². The van der Waals surface area contributed by atoms with E-state index in [-0.39, 0.29) is 43.4 Å². The van der Waals surface area contributed by atoms with Gasteiger partial charge in [0.2, 0.25) is 0 Å². The van der Waals surface area contributed by atoms with E-state index in [1.807, 2.05) is 6.08 Å². The highest BCUT2D eigenvalue weighted by Gasteiger charge is 2.28. The number of carbonyl (C=O) groups is 3. The topological polar surface area (TPSA) is 115 Å². The zero-order valence-electron chi connectivity index (χ0n) is 15.8. The molecule has 7 heteroatoms. The van der Waals surface area contributed by atoms with Gasteiger partial charge in [0, 0.05) is 18.8 Å². The summed E-state index contributed by atoms with van der Waals surface area (Å²) in [5.41, 5.74) is 0. The zero-order chi connectivity index (χ0) is 19.8. The van der Waals surface area contributed by atoms with Crippen molar-refractivity contribution in [1.82, 2.24) is 0 Å². The van der Waals surface area contributed by atoms with E-state index in [0.717, 1.165) is 12.8 Å². The van der Waals surface area contributed by atoms with Crippen LogP contribution in [0.1, 0.15) is 64.7 Å². The van der Waals surface area contributed by atoms with Crippen molar-refractivity contribution in [2.45, 2.75) is 64.7 Å². The highest BCUT2D eigenvalue weighted by Crippen LogP contribution is 2.14. The van der Waals surface area contributed by atoms with E-state index in [9.17, 15) is 19.5 Å². The average Bonchev–Trinajstić information content (AvgIpc) is 2.57. The summed E-state index contributed by atoms with van der Waals surface area (Å²) in [6, 6.07) is 0. The van der Waals surface area contributed by atoms with Crippen molar-refractivity contribution in [1.29, 1.82) is 0 Å². The van der Waals surface area contributed by atoms with Gasteiger partial charge in [0.15, 0.2) is 0 Å². The Morgan fingerprint density at radius 1 is 0.808 bits per heavy atom. The van der Waals surface area contributed by atoms with E-state index in [1.54, 1.807) is 0 Å². The van der Waals surface area contributed by atoms with Gasteiger partial charge in [-0.15, -0.1) is 0 Å². The number of unbranched alkanes of at least 4 members (excludes halogenated alkanes) is 4. The fourth-order valence-electron chi connectivity index (χ4n) is 2.94. The van der Waals surface area contributed by atoms with Gasteiger partial charge < -0.3 is 24.6 Å². The molecule has 26 heavy (non-hydrogen) atoms.